The first kappa shape index (κ1) is 17.1. The van der Waals surface area contributed by atoms with Crippen molar-refractivity contribution in [2.75, 3.05) is 0 Å². The summed E-state index contributed by atoms with van der Waals surface area (Å²) < 4.78 is 2.99. The summed E-state index contributed by atoms with van der Waals surface area (Å²) in [6.07, 6.45) is 0.172. The van der Waals surface area contributed by atoms with Gasteiger partial charge in [0.15, 0.2) is 0 Å². The Labute approximate surface area is 151 Å². The molecule has 0 saturated carbocycles. The molecule has 8 heteroatoms. The Kier molecular flexibility index (Phi) is 6.08. The maximum absolute atomic E-state index is 10.5. The molecule has 0 aliphatic carbocycles. The molecule has 0 radical (unpaired) electrons. The average Bonchev–Trinajstić information content (AvgIpc) is 3.08. The largest absolute Gasteiger partial charge is 0.477 e. The lowest BCUT2D eigenvalue weighted by Gasteiger charge is -1.93. The van der Waals surface area contributed by atoms with Gasteiger partial charge in [0.2, 0.25) is 0 Å². The van der Waals surface area contributed by atoms with E-state index in [1.807, 2.05) is 12.1 Å². The molecule has 0 saturated heterocycles. The molecule has 0 bridgehead atoms. The quantitative estimate of drug-likeness (QED) is 0.525. The molecule has 0 aromatic carbocycles. The number of fused-ring (bicyclic) bond motifs is 1. The maximum Gasteiger partial charge on any atom is 0.346 e. The highest BCUT2D eigenvalue weighted by Crippen LogP contribution is 2.29. The third kappa shape index (κ3) is 4.14. The van der Waals surface area contributed by atoms with Gasteiger partial charge in [-0.15, -0.1) is 22.7 Å². The number of pyridine rings is 1. The van der Waals surface area contributed by atoms with Crippen LogP contribution in [0.4, 0.5) is 0 Å². The molecule has 4 nitrogen and oxygen atoms in total. The van der Waals surface area contributed by atoms with Crippen LogP contribution in [0.3, 0.4) is 0 Å². The molecule has 112 valence electrons. The standard InChI is InChI=1S/C7H3Br2NS.C7H5NO2S/c8-5-3-4-1-2-11-6(4)7(9)10-5;8-3-1-5-2-4-11-6(5)7(9)10/h1-3H;2,4H,1H2,(H,9,10). The van der Waals surface area contributed by atoms with Crippen LogP contribution in [0, 0.1) is 11.3 Å². The van der Waals surface area contributed by atoms with Crippen molar-refractivity contribution in [3.63, 3.8) is 0 Å². The van der Waals surface area contributed by atoms with E-state index < -0.39 is 5.97 Å². The molecular formula is C14H8Br2N2O2S2. The highest BCUT2D eigenvalue weighted by Gasteiger charge is 2.10. The molecule has 22 heavy (non-hydrogen) atoms. The fourth-order valence-electron chi connectivity index (χ4n) is 1.65. The van der Waals surface area contributed by atoms with Crippen molar-refractivity contribution in [3.8, 4) is 6.07 Å². The van der Waals surface area contributed by atoms with Gasteiger partial charge in [0.05, 0.1) is 17.2 Å². The van der Waals surface area contributed by atoms with E-state index in [9.17, 15) is 4.79 Å². The monoisotopic (exact) mass is 458 g/mol. The molecule has 3 aromatic rings. The Morgan fingerprint density at radius 3 is 2.73 bits per heavy atom. The number of nitrogens with zero attached hydrogens (tertiary/aromatic N) is 2. The molecule has 0 unspecified atom stereocenters. The first-order valence-corrected chi connectivity index (χ1v) is 9.23. The van der Waals surface area contributed by atoms with Gasteiger partial charge in [-0.2, -0.15) is 5.26 Å². The molecule has 0 fully saturated rings. The lowest BCUT2D eigenvalue weighted by atomic mass is 10.2. The Morgan fingerprint density at radius 1 is 1.32 bits per heavy atom. The maximum atomic E-state index is 10.5. The van der Waals surface area contributed by atoms with E-state index >= 15 is 0 Å². The Bertz CT molecular complexity index is 852. The second kappa shape index (κ2) is 7.83. The summed E-state index contributed by atoms with van der Waals surface area (Å²) in [4.78, 5) is 14.9. The highest BCUT2D eigenvalue weighted by atomic mass is 79.9. The first-order valence-electron chi connectivity index (χ1n) is 5.88. The van der Waals surface area contributed by atoms with Crippen molar-refractivity contribution in [1.29, 1.82) is 5.26 Å². The van der Waals surface area contributed by atoms with Crippen LogP contribution in [0.2, 0.25) is 0 Å². The van der Waals surface area contributed by atoms with E-state index in [-0.39, 0.29) is 11.3 Å². The number of aromatic nitrogens is 1. The van der Waals surface area contributed by atoms with Gasteiger partial charge in [0, 0.05) is 0 Å². The molecule has 0 amide bonds. The average molecular weight is 460 g/mol. The summed E-state index contributed by atoms with van der Waals surface area (Å²) in [5.41, 5.74) is 0.602. The van der Waals surface area contributed by atoms with Gasteiger partial charge in [-0.1, -0.05) is 0 Å². The van der Waals surface area contributed by atoms with Crippen LogP contribution < -0.4 is 0 Å². The molecule has 0 aliphatic heterocycles. The van der Waals surface area contributed by atoms with E-state index in [0.717, 1.165) is 20.5 Å². The van der Waals surface area contributed by atoms with Crippen LogP contribution in [0.5, 0.6) is 0 Å². The predicted octanol–water partition coefficient (Wildman–Crippen LogP) is 5.33. The van der Waals surface area contributed by atoms with Crippen LogP contribution in [0.1, 0.15) is 15.2 Å². The molecule has 0 atom stereocenters. The number of carboxylic acid groups (broad SMARTS) is 1. The van der Waals surface area contributed by atoms with Gasteiger partial charge in [0.1, 0.15) is 14.1 Å². The van der Waals surface area contributed by atoms with E-state index in [1.54, 1.807) is 22.8 Å². The number of hydrogen-bond donors (Lipinski definition) is 1. The normalized spacial score (nSPS) is 9.86. The van der Waals surface area contributed by atoms with Crippen molar-refractivity contribution in [2.24, 2.45) is 0 Å². The minimum Gasteiger partial charge on any atom is -0.477 e. The second-order valence-electron chi connectivity index (χ2n) is 3.99. The number of rotatable bonds is 2. The molecule has 0 spiro atoms. The third-order valence-corrected chi connectivity index (χ3v) is 5.70. The van der Waals surface area contributed by atoms with Crippen LogP contribution in [0.15, 0.2) is 38.2 Å². The summed E-state index contributed by atoms with van der Waals surface area (Å²) in [5, 5.41) is 21.8. The van der Waals surface area contributed by atoms with Gasteiger partial charge >= 0.3 is 5.97 Å². The Morgan fingerprint density at radius 2 is 2.05 bits per heavy atom. The van der Waals surface area contributed by atoms with Crippen molar-refractivity contribution in [2.45, 2.75) is 6.42 Å². The van der Waals surface area contributed by atoms with E-state index in [1.165, 1.54) is 10.1 Å². The Hall–Kier alpha value is -1.27. The highest BCUT2D eigenvalue weighted by molar-refractivity contribution is 9.11. The summed E-state index contributed by atoms with van der Waals surface area (Å²) in [6, 6.07) is 7.66. The summed E-state index contributed by atoms with van der Waals surface area (Å²) in [6.45, 7) is 0. The third-order valence-electron chi connectivity index (χ3n) is 2.57. The zero-order valence-corrected chi connectivity index (χ0v) is 15.7. The van der Waals surface area contributed by atoms with Gasteiger partial charge in [0.25, 0.3) is 0 Å². The number of aromatic carboxylic acids is 1. The topological polar surface area (TPSA) is 74.0 Å². The smallest absolute Gasteiger partial charge is 0.346 e. The summed E-state index contributed by atoms with van der Waals surface area (Å²) in [7, 11) is 0. The SMILES string of the molecule is Brc1cc2ccsc2c(Br)n1.N#CCc1ccsc1C(=O)O. The van der Waals surface area contributed by atoms with Crippen molar-refractivity contribution in [1.82, 2.24) is 4.98 Å². The van der Waals surface area contributed by atoms with Gasteiger partial charge in [-0.05, 0) is 71.8 Å². The molecule has 3 rings (SSSR count). The van der Waals surface area contributed by atoms with E-state index in [4.69, 9.17) is 10.4 Å². The number of halogens is 2. The predicted molar refractivity (Wildman–Crippen MR) is 95.6 cm³/mol. The summed E-state index contributed by atoms with van der Waals surface area (Å²) >= 11 is 9.57. The van der Waals surface area contributed by atoms with Crippen molar-refractivity contribution in [3.05, 3.63) is 48.6 Å². The lowest BCUT2D eigenvalue weighted by molar-refractivity contribution is 0.0701. The zero-order chi connectivity index (χ0) is 16.1. The van der Waals surface area contributed by atoms with Crippen molar-refractivity contribution < 1.29 is 9.90 Å². The number of hydrogen-bond acceptors (Lipinski definition) is 5. The van der Waals surface area contributed by atoms with Crippen LogP contribution >= 0.6 is 54.5 Å². The van der Waals surface area contributed by atoms with Gasteiger partial charge in [-0.25, -0.2) is 9.78 Å². The van der Waals surface area contributed by atoms with E-state index in [0.29, 0.717) is 5.56 Å². The van der Waals surface area contributed by atoms with E-state index in [2.05, 4.69) is 48.3 Å². The Balaban J connectivity index is 0.000000160. The zero-order valence-electron chi connectivity index (χ0n) is 10.9. The molecular weight excluding hydrogens is 452 g/mol. The fraction of sp³-hybridized carbons (Fsp3) is 0.0714. The first-order chi connectivity index (χ1) is 10.5. The fourth-order valence-corrected chi connectivity index (χ4v) is 4.53. The number of carbonyl (C=O) groups is 1. The number of carboxylic acids is 1. The molecule has 0 aliphatic rings. The van der Waals surface area contributed by atoms with Gasteiger partial charge < -0.3 is 5.11 Å². The van der Waals surface area contributed by atoms with Gasteiger partial charge in [-0.3, -0.25) is 0 Å². The van der Waals surface area contributed by atoms with Crippen LogP contribution in [-0.2, 0) is 6.42 Å². The molecule has 3 heterocycles. The lowest BCUT2D eigenvalue weighted by Crippen LogP contribution is -1.96. The minimum absolute atomic E-state index is 0.172. The van der Waals surface area contributed by atoms with Crippen LogP contribution in [-0.4, -0.2) is 16.1 Å². The van der Waals surface area contributed by atoms with Crippen molar-refractivity contribution >= 4 is 70.6 Å². The molecule has 1 N–H and O–H groups in total. The van der Waals surface area contributed by atoms with Crippen LogP contribution in [0.25, 0.3) is 10.1 Å². The second-order valence-corrected chi connectivity index (χ2v) is 7.39. The number of nitriles is 1. The minimum atomic E-state index is -0.953. The summed E-state index contributed by atoms with van der Waals surface area (Å²) in [5.74, 6) is -0.953. The number of thiophene rings is 2. The molecule has 3 aromatic heterocycles.